The van der Waals surface area contributed by atoms with Crippen LogP contribution in [-0.4, -0.2) is 11.8 Å². The van der Waals surface area contributed by atoms with E-state index in [0.717, 1.165) is 11.1 Å². The lowest BCUT2D eigenvalue weighted by molar-refractivity contribution is 0.0703. The van der Waals surface area contributed by atoms with E-state index < -0.39 is 5.97 Å². The summed E-state index contributed by atoms with van der Waals surface area (Å²) in [6, 6.07) is 17.6. The lowest BCUT2D eigenvalue weighted by atomic mass is 10.0. The van der Waals surface area contributed by atoms with Crippen molar-refractivity contribution in [3.8, 4) is 11.5 Å². The summed E-state index contributed by atoms with van der Waals surface area (Å²) in [4.78, 5) is 25.5. The second kappa shape index (κ2) is 7.70. The van der Waals surface area contributed by atoms with Gasteiger partial charge in [0.05, 0.1) is 5.56 Å². The number of furan rings is 1. The largest absolute Gasteiger partial charge is 0.452 e. The van der Waals surface area contributed by atoms with E-state index in [0.29, 0.717) is 32.9 Å². The standard InChI is InChI=1S/C26H17ClO5/c1-14-4-3-5-16(8-14)10-22-25(28)24-15(2)9-19(13-21(24)32-22)30-26(29)23-12-17-11-18(27)6-7-20(17)31-23/h3-13H,1-2H3/b22-10-. The van der Waals surface area contributed by atoms with E-state index in [4.69, 9.17) is 25.5 Å². The lowest BCUT2D eigenvalue weighted by Crippen LogP contribution is -2.07. The first-order valence-corrected chi connectivity index (χ1v) is 10.3. The van der Waals surface area contributed by atoms with Crippen molar-refractivity contribution in [3.63, 3.8) is 0 Å². The van der Waals surface area contributed by atoms with Gasteiger partial charge < -0.3 is 13.9 Å². The minimum absolute atomic E-state index is 0.0532. The number of hydrogen-bond acceptors (Lipinski definition) is 5. The Morgan fingerprint density at radius 2 is 1.88 bits per heavy atom. The van der Waals surface area contributed by atoms with Crippen LogP contribution >= 0.6 is 11.6 Å². The van der Waals surface area contributed by atoms with Crippen LogP contribution in [0.5, 0.6) is 11.5 Å². The van der Waals surface area contributed by atoms with Gasteiger partial charge in [0, 0.05) is 16.5 Å². The Kier molecular flexibility index (Phi) is 4.83. The van der Waals surface area contributed by atoms with Crippen LogP contribution in [0.1, 0.15) is 37.6 Å². The van der Waals surface area contributed by atoms with Crippen molar-refractivity contribution < 1.29 is 23.5 Å². The van der Waals surface area contributed by atoms with E-state index in [2.05, 4.69) is 0 Å². The summed E-state index contributed by atoms with van der Waals surface area (Å²) in [7, 11) is 0. The summed E-state index contributed by atoms with van der Waals surface area (Å²) in [6.07, 6.45) is 1.71. The average Bonchev–Trinajstić information content (AvgIpc) is 3.29. The maximum atomic E-state index is 12.9. The highest BCUT2D eigenvalue weighted by atomic mass is 35.5. The molecule has 0 atom stereocenters. The monoisotopic (exact) mass is 444 g/mol. The molecule has 0 N–H and O–H groups in total. The number of Topliss-reactive ketones (excluding diaryl/α,β-unsaturated/α-hetero) is 1. The van der Waals surface area contributed by atoms with Crippen LogP contribution in [0.2, 0.25) is 5.02 Å². The molecule has 2 heterocycles. The molecule has 0 saturated heterocycles. The molecule has 1 aliphatic heterocycles. The number of carbonyl (C=O) groups is 2. The molecule has 0 saturated carbocycles. The van der Waals surface area contributed by atoms with Gasteiger partial charge in [-0.15, -0.1) is 0 Å². The summed E-state index contributed by atoms with van der Waals surface area (Å²) < 4.78 is 16.9. The molecular weight excluding hydrogens is 428 g/mol. The number of ether oxygens (including phenoxy) is 2. The highest BCUT2D eigenvalue weighted by Gasteiger charge is 2.30. The number of rotatable bonds is 3. The Morgan fingerprint density at radius 1 is 1.03 bits per heavy atom. The van der Waals surface area contributed by atoms with Gasteiger partial charge in [-0.2, -0.15) is 0 Å². The Bertz CT molecular complexity index is 1440. The van der Waals surface area contributed by atoms with Gasteiger partial charge in [0.15, 0.2) is 5.76 Å². The van der Waals surface area contributed by atoms with Crippen LogP contribution in [0.15, 0.2) is 70.8 Å². The fraction of sp³-hybridized carbons (Fsp3) is 0.0769. The molecule has 5 rings (SSSR count). The van der Waals surface area contributed by atoms with Gasteiger partial charge in [-0.3, -0.25) is 4.79 Å². The van der Waals surface area contributed by atoms with Gasteiger partial charge in [0.2, 0.25) is 11.5 Å². The summed E-state index contributed by atoms with van der Waals surface area (Å²) in [6.45, 7) is 3.76. The zero-order valence-electron chi connectivity index (χ0n) is 17.3. The molecule has 32 heavy (non-hydrogen) atoms. The maximum absolute atomic E-state index is 12.9. The first-order chi connectivity index (χ1) is 15.4. The number of fused-ring (bicyclic) bond motifs is 2. The zero-order valence-corrected chi connectivity index (χ0v) is 18.0. The van der Waals surface area contributed by atoms with E-state index >= 15 is 0 Å². The molecule has 0 spiro atoms. The predicted octanol–water partition coefficient (Wildman–Crippen LogP) is 6.54. The second-order valence-corrected chi connectivity index (χ2v) is 8.09. The number of hydrogen-bond donors (Lipinski definition) is 0. The van der Waals surface area contributed by atoms with Gasteiger partial charge in [-0.1, -0.05) is 41.4 Å². The van der Waals surface area contributed by atoms with Crippen LogP contribution in [0.25, 0.3) is 17.0 Å². The molecule has 3 aromatic carbocycles. The van der Waals surface area contributed by atoms with Crippen LogP contribution in [0.4, 0.5) is 0 Å². The quantitative estimate of drug-likeness (QED) is 0.204. The molecule has 0 radical (unpaired) electrons. The third-order valence-corrected chi connectivity index (χ3v) is 5.41. The van der Waals surface area contributed by atoms with Gasteiger partial charge >= 0.3 is 5.97 Å². The fourth-order valence-electron chi connectivity index (χ4n) is 3.72. The Hall–Kier alpha value is -3.83. The van der Waals surface area contributed by atoms with Crippen molar-refractivity contribution >= 4 is 40.4 Å². The molecule has 0 unspecified atom stereocenters. The molecule has 0 bridgehead atoms. The van der Waals surface area contributed by atoms with Gasteiger partial charge in [0.25, 0.3) is 0 Å². The highest BCUT2D eigenvalue weighted by Crippen LogP contribution is 2.38. The van der Waals surface area contributed by atoms with Crippen molar-refractivity contribution in [1.29, 1.82) is 0 Å². The van der Waals surface area contributed by atoms with Crippen LogP contribution in [0.3, 0.4) is 0 Å². The van der Waals surface area contributed by atoms with Crippen molar-refractivity contribution in [2.75, 3.05) is 0 Å². The van der Waals surface area contributed by atoms with Gasteiger partial charge in [-0.05, 0) is 61.4 Å². The molecule has 0 aliphatic carbocycles. The number of carbonyl (C=O) groups excluding carboxylic acids is 2. The van der Waals surface area contributed by atoms with E-state index in [1.54, 1.807) is 43.3 Å². The molecule has 0 fully saturated rings. The minimum atomic E-state index is -0.656. The second-order valence-electron chi connectivity index (χ2n) is 7.65. The molecule has 158 valence electrons. The predicted molar refractivity (Wildman–Crippen MR) is 121 cm³/mol. The van der Waals surface area contributed by atoms with Crippen molar-refractivity contribution in [2.45, 2.75) is 13.8 Å². The van der Waals surface area contributed by atoms with Crippen LogP contribution in [0, 0.1) is 13.8 Å². The summed E-state index contributed by atoms with van der Waals surface area (Å²) in [5, 5.41) is 1.25. The van der Waals surface area contributed by atoms with Crippen LogP contribution < -0.4 is 9.47 Å². The number of esters is 1. The summed E-state index contributed by atoms with van der Waals surface area (Å²) in [5.41, 5.74) is 3.60. The van der Waals surface area contributed by atoms with E-state index in [1.807, 2.05) is 31.2 Å². The smallest absolute Gasteiger partial charge is 0.379 e. The first kappa shape index (κ1) is 20.1. The number of allylic oxidation sites excluding steroid dienone is 1. The minimum Gasteiger partial charge on any atom is -0.452 e. The number of ketones is 1. The first-order valence-electron chi connectivity index (χ1n) is 9.94. The van der Waals surface area contributed by atoms with E-state index in [1.165, 1.54) is 6.07 Å². The number of aryl methyl sites for hydroxylation is 2. The van der Waals surface area contributed by atoms with Crippen LogP contribution in [-0.2, 0) is 0 Å². The number of halogens is 1. The molecule has 5 nitrogen and oxygen atoms in total. The highest BCUT2D eigenvalue weighted by molar-refractivity contribution is 6.31. The van der Waals surface area contributed by atoms with Crippen molar-refractivity contribution in [3.05, 3.63) is 99.5 Å². The van der Waals surface area contributed by atoms with Crippen molar-refractivity contribution in [1.82, 2.24) is 0 Å². The average molecular weight is 445 g/mol. The Morgan fingerprint density at radius 3 is 2.69 bits per heavy atom. The third-order valence-electron chi connectivity index (χ3n) is 5.17. The number of benzene rings is 3. The van der Waals surface area contributed by atoms with Gasteiger partial charge in [-0.25, -0.2) is 4.79 Å². The summed E-state index contributed by atoms with van der Waals surface area (Å²) >= 11 is 5.99. The molecule has 4 aromatic rings. The Balaban J connectivity index is 1.42. The molecular formula is C26H17ClO5. The Labute approximate surface area is 188 Å². The molecule has 1 aromatic heterocycles. The van der Waals surface area contributed by atoms with Crippen molar-refractivity contribution in [2.24, 2.45) is 0 Å². The van der Waals surface area contributed by atoms with E-state index in [-0.39, 0.29) is 23.1 Å². The maximum Gasteiger partial charge on any atom is 0.379 e. The summed E-state index contributed by atoms with van der Waals surface area (Å²) in [5.74, 6) is 0.0359. The lowest BCUT2D eigenvalue weighted by Gasteiger charge is -2.06. The molecule has 1 aliphatic rings. The molecule has 6 heteroatoms. The fourth-order valence-corrected chi connectivity index (χ4v) is 3.90. The molecule has 0 amide bonds. The topological polar surface area (TPSA) is 65.7 Å². The SMILES string of the molecule is Cc1cccc(/C=C2\Oc3cc(OC(=O)c4cc5cc(Cl)ccc5o4)cc(C)c3C2=O)c1. The zero-order chi connectivity index (χ0) is 22.4. The van der Waals surface area contributed by atoms with E-state index in [9.17, 15) is 9.59 Å². The van der Waals surface area contributed by atoms with Gasteiger partial charge in [0.1, 0.15) is 17.1 Å². The normalized spacial score (nSPS) is 14.0. The third kappa shape index (κ3) is 3.67.